The molecular weight excluding hydrogens is 693 g/mol. The Labute approximate surface area is 328 Å². The third kappa shape index (κ3) is 4.99. The van der Waals surface area contributed by atoms with E-state index in [9.17, 15) is 0 Å². The maximum absolute atomic E-state index is 6.40. The first kappa shape index (κ1) is 31.7. The van der Waals surface area contributed by atoms with Crippen molar-refractivity contribution in [3.63, 3.8) is 0 Å². The monoisotopic (exact) mass is 726 g/mol. The Morgan fingerprint density at radius 1 is 0.246 bits per heavy atom. The van der Waals surface area contributed by atoms with Crippen LogP contribution in [0.25, 0.3) is 110 Å². The van der Waals surface area contributed by atoms with Crippen molar-refractivity contribution in [2.45, 2.75) is 0 Å². The van der Waals surface area contributed by atoms with Gasteiger partial charge in [0, 0.05) is 43.7 Å². The van der Waals surface area contributed by atoms with Gasteiger partial charge in [-0.1, -0.05) is 127 Å². The third-order valence-electron chi connectivity index (χ3n) is 11.7. The Kier molecular flexibility index (Phi) is 6.93. The van der Waals surface area contributed by atoms with E-state index in [4.69, 9.17) is 4.42 Å². The van der Waals surface area contributed by atoms with Crippen LogP contribution < -0.4 is 0 Å². The van der Waals surface area contributed by atoms with Gasteiger partial charge in [0.25, 0.3) is 0 Å². The normalized spacial score (nSPS) is 11.9. The first-order valence-electron chi connectivity index (χ1n) is 19.5. The van der Waals surface area contributed by atoms with Crippen LogP contribution >= 0.6 is 0 Å². The van der Waals surface area contributed by atoms with Crippen molar-refractivity contribution in [2.75, 3.05) is 0 Å². The lowest BCUT2D eigenvalue weighted by atomic mass is 9.95. The summed E-state index contributed by atoms with van der Waals surface area (Å²) in [4.78, 5) is 0. The first-order valence-corrected chi connectivity index (χ1v) is 19.5. The van der Waals surface area contributed by atoms with Crippen molar-refractivity contribution in [3.05, 3.63) is 206 Å². The summed E-state index contributed by atoms with van der Waals surface area (Å²) in [6, 6.07) is 74.5. The maximum Gasteiger partial charge on any atom is 0.135 e. The fourth-order valence-corrected chi connectivity index (χ4v) is 9.07. The minimum Gasteiger partial charge on any atom is -0.456 e. The lowest BCUT2D eigenvalue weighted by molar-refractivity contribution is 0.669. The molecule has 0 aliphatic heterocycles. The van der Waals surface area contributed by atoms with Crippen LogP contribution in [0.4, 0.5) is 0 Å². The summed E-state index contributed by atoms with van der Waals surface area (Å²) in [5.41, 5.74) is 15.9. The second kappa shape index (κ2) is 12.5. The van der Waals surface area contributed by atoms with Crippen molar-refractivity contribution in [3.8, 4) is 44.8 Å². The van der Waals surface area contributed by atoms with Crippen LogP contribution in [0.3, 0.4) is 0 Å². The van der Waals surface area contributed by atoms with Crippen LogP contribution in [0.5, 0.6) is 0 Å². The van der Waals surface area contributed by atoms with Crippen molar-refractivity contribution >= 4 is 65.6 Å². The Bertz CT molecular complexity index is 3430. The largest absolute Gasteiger partial charge is 0.456 e. The van der Waals surface area contributed by atoms with E-state index < -0.39 is 0 Å². The van der Waals surface area contributed by atoms with Crippen LogP contribution in [-0.4, -0.2) is 9.13 Å². The van der Waals surface area contributed by atoms with Gasteiger partial charge >= 0.3 is 0 Å². The number of aromatic nitrogens is 2. The summed E-state index contributed by atoms with van der Waals surface area (Å²) in [5.74, 6) is 0. The van der Waals surface area contributed by atoms with Gasteiger partial charge in [-0.25, -0.2) is 0 Å². The second-order valence-electron chi connectivity index (χ2n) is 14.9. The molecule has 9 aromatic carbocycles. The van der Waals surface area contributed by atoms with Crippen LogP contribution in [-0.2, 0) is 0 Å². The summed E-state index contributed by atoms with van der Waals surface area (Å²) >= 11 is 0. The molecule has 0 amide bonds. The Hall–Kier alpha value is -7.62. The third-order valence-corrected chi connectivity index (χ3v) is 11.7. The average molecular weight is 727 g/mol. The number of para-hydroxylation sites is 4. The van der Waals surface area contributed by atoms with Gasteiger partial charge in [0.2, 0.25) is 0 Å². The highest BCUT2D eigenvalue weighted by Crippen LogP contribution is 2.38. The van der Waals surface area contributed by atoms with Gasteiger partial charge in [0.05, 0.1) is 22.1 Å². The highest BCUT2D eigenvalue weighted by Gasteiger charge is 2.16. The second-order valence-corrected chi connectivity index (χ2v) is 14.9. The predicted octanol–water partition coefficient (Wildman–Crippen LogP) is 14.8. The van der Waals surface area contributed by atoms with E-state index in [0.717, 1.165) is 38.9 Å². The zero-order chi connectivity index (χ0) is 37.5. The van der Waals surface area contributed by atoms with Gasteiger partial charge in [-0.3, -0.25) is 0 Å². The summed E-state index contributed by atoms with van der Waals surface area (Å²) < 4.78 is 11.2. The number of furan rings is 1. The lowest BCUT2D eigenvalue weighted by Crippen LogP contribution is -1.94. The van der Waals surface area contributed by atoms with Crippen molar-refractivity contribution in [1.29, 1.82) is 0 Å². The molecule has 12 aromatic rings. The minimum atomic E-state index is 0.888. The number of fused-ring (bicyclic) bond motifs is 9. The standard InChI is InChI=1S/C54H34N2O/c1-5-22-49-43(18-1)44-19-2-6-23-50(44)55(49)41-17-11-16-39(32-41)37-14-9-12-35(30-37)36-13-10-15-38(31-36)40-26-28-53-47(33-40)48-34-42(27-29-54(48)57-53)56-51-24-7-3-20-45(51)46-21-4-8-25-52(46)56/h1-34H. The molecule has 57 heavy (non-hydrogen) atoms. The van der Waals surface area contributed by atoms with Gasteiger partial charge in [-0.15, -0.1) is 0 Å². The SMILES string of the molecule is c1cc(-c2cccc(-c3ccc4oc5ccc(-n6c7ccccc7c7ccccc76)cc5c4c3)c2)cc(-c2cccc(-n3c4ccccc4c4ccccc43)c2)c1. The zero-order valence-corrected chi connectivity index (χ0v) is 30.9. The average Bonchev–Trinajstić information content (AvgIpc) is 3.94. The Morgan fingerprint density at radius 2 is 0.614 bits per heavy atom. The Balaban J connectivity index is 0.917. The molecule has 266 valence electrons. The molecule has 3 heterocycles. The molecule has 0 atom stereocenters. The molecule has 3 nitrogen and oxygen atoms in total. The maximum atomic E-state index is 6.40. The number of nitrogens with zero attached hydrogens (tertiary/aromatic N) is 2. The molecular formula is C54H34N2O. The highest BCUT2D eigenvalue weighted by molar-refractivity contribution is 6.11. The van der Waals surface area contributed by atoms with E-state index >= 15 is 0 Å². The van der Waals surface area contributed by atoms with Crippen molar-refractivity contribution in [2.24, 2.45) is 0 Å². The van der Waals surface area contributed by atoms with Gasteiger partial charge in [-0.05, 0) is 112 Å². The quantitative estimate of drug-likeness (QED) is 0.173. The predicted molar refractivity (Wildman–Crippen MR) is 239 cm³/mol. The number of rotatable bonds is 5. The first-order chi connectivity index (χ1) is 28.2. The van der Waals surface area contributed by atoms with E-state index in [1.165, 1.54) is 71.4 Å². The molecule has 3 aromatic heterocycles. The van der Waals surface area contributed by atoms with Gasteiger partial charge in [0.15, 0.2) is 0 Å². The summed E-state index contributed by atoms with van der Waals surface area (Å²) in [6.07, 6.45) is 0. The fraction of sp³-hybridized carbons (Fsp3) is 0. The van der Waals surface area contributed by atoms with Crippen LogP contribution in [0.1, 0.15) is 0 Å². The molecule has 3 heteroatoms. The molecule has 0 fully saturated rings. The smallest absolute Gasteiger partial charge is 0.135 e. The molecule has 0 aliphatic carbocycles. The highest BCUT2D eigenvalue weighted by atomic mass is 16.3. The van der Waals surface area contributed by atoms with E-state index in [1.807, 2.05) is 0 Å². The van der Waals surface area contributed by atoms with E-state index in [0.29, 0.717) is 0 Å². The zero-order valence-electron chi connectivity index (χ0n) is 30.9. The van der Waals surface area contributed by atoms with Crippen LogP contribution in [0.2, 0.25) is 0 Å². The molecule has 0 bridgehead atoms. The van der Waals surface area contributed by atoms with Crippen LogP contribution in [0.15, 0.2) is 211 Å². The summed E-state index contributed by atoms with van der Waals surface area (Å²) in [7, 11) is 0. The number of benzene rings is 9. The summed E-state index contributed by atoms with van der Waals surface area (Å²) in [5, 5.41) is 7.27. The molecule has 0 aliphatic rings. The molecule has 0 N–H and O–H groups in total. The van der Waals surface area contributed by atoms with Gasteiger partial charge in [0.1, 0.15) is 11.2 Å². The topological polar surface area (TPSA) is 23.0 Å². The number of hydrogen-bond acceptors (Lipinski definition) is 1. The van der Waals surface area contributed by atoms with Crippen LogP contribution in [0, 0.1) is 0 Å². The van der Waals surface area contributed by atoms with Crippen molar-refractivity contribution in [1.82, 2.24) is 9.13 Å². The molecule has 0 saturated carbocycles. The van der Waals surface area contributed by atoms with Crippen molar-refractivity contribution < 1.29 is 4.42 Å². The fourth-order valence-electron chi connectivity index (χ4n) is 9.07. The lowest BCUT2D eigenvalue weighted by Gasteiger charge is -2.12. The molecule has 0 saturated heterocycles. The molecule has 0 unspecified atom stereocenters. The summed E-state index contributed by atoms with van der Waals surface area (Å²) in [6.45, 7) is 0. The van der Waals surface area contributed by atoms with E-state index in [2.05, 4.69) is 215 Å². The molecule has 0 spiro atoms. The number of hydrogen-bond donors (Lipinski definition) is 0. The van der Waals surface area contributed by atoms with Gasteiger partial charge in [-0.2, -0.15) is 0 Å². The molecule has 12 rings (SSSR count). The van der Waals surface area contributed by atoms with Gasteiger partial charge < -0.3 is 13.6 Å². The van der Waals surface area contributed by atoms with E-state index in [1.54, 1.807) is 0 Å². The minimum absolute atomic E-state index is 0.888. The molecule has 0 radical (unpaired) electrons. The Morgan fingerprint density at radius 3 is 1.11 bits per heavy atom. The van der Waals surface area contributed by atoms with E-state index in [-0.39, 0.29) is 0 Å².